The van der Waals surface area contributed by atoms with Crippen molar-refractivity contribution < 1.29 is 13.2 Å². The molecule has 6 heteroatoms. The molecule has 3 fully saturated rings. The fraction of sp³-hybridized carbons (Fsp3) is 1.00. The average Bonchev–Trinajstić information content (AvgIpc) is 3.20. The number of hydrogen-bond acceptors (Lipinski definition) is 3. The first-order valence-corrected chi connectivity index (χ1v) is 11.0. The molecule has 3 unspecified atom stereocenters. The van der Waals surface area contributed by atoms with E-state index in [9.17, 15) is 8.42 Å². The Labute approximate surface area is 136 Å². The zero-order valence-electron chi connectivity index (χ0n) is 12.8. The molecule has 0 amide bonds. The van der Waals surface area contributed by atoms with Gasteiger partial charge < -0.3 is 4.74 Å². The van der Waals surface area contributed by atoms with Gasteiger partial charge in [-0.1, -0.05) is 15.9 Å². The highest BCUT2D eigenvalue weighted by Crippen LogP contribution is 2.52. The van der Waals surface area contributed by atoms with Gasteiger partial charge in [0.05, 0.1) is 12.4 Å². The van der Waals surface area contributed by atoms with Crippen LogP contribution >= 0.6 is 15.9 Å². The number of nitrogens with zero attached hydrogens (tertiary/aromatic N) is 1. The fourth-order valence-corrected chi connectivity index (χ4v) is 6.00. The van der Waals surface area contributed by atoms with Crippen LogP contribution in [0.3, 0.4) is 0 Å². The van der Waals surface area contributed by atoms with Crippen LogP contribution in [-0.2, 0) is 14.8 Å². The van der Waals surface area contributed by atoms with Gasteiger partial charge in [0.25, 0.3) is 0 Å². The summed E-state index contributed by atoms with van der Waals surface area (Å²) in [6, 6.07) is 0. The monoisotopic (exact) mass is 379 g/mol. The van der Waals surface area contributed by atoms with Crippen LogP contribution in [0.15, 0.2) is 0 Å². The zero-order chi connectivity index (χ0) is 15.1. The Kier molecular flexibility index (Phi) is 4.71. The Balaban J connectivity index is 1.69. The summed E-state index contributed by atoms with van der Waals surface area (Å²) in [5, 5.41) is 0.983. The summed E-state index contributed by atoms with van der Waals surface area (Å²) < 4.78 is 31.3. The molecule has 0 aromatic heterocycles. The Bertz CT molecular complexity index is 479. The first-order chi connectivity index (χ1) is 9.94. The molecule has 21 heavy (non-hydrogen) atoms. The Morgan fingerprint density at radius 3 is 2.71 bits per heavy atom. The van der Waals surface area contributed by atoms with Crippen LogP contribution in [0.5, 0.6) is 0 Å². The number of alkyl halides is 1. The lowest BCUT2D eigenvalue weighted by atomic mass is 9.72. The first kappa shape index (κ1) is 16.2. The van der Waals surface area contributed by atoms with Crippen molar-refractivity contribution in [3.63, 3.8) is 0 Å². The highest BCUT2D eigenvalue weighted by atomic mass is 79.9. The van der Waals surface area contributed by atoms with Gasteiger partial charge in [-0.15, -0.1) is 0 Å². The van der Waals surface area contributed by atoms with Crippen molar-refractivity contribution in [3.05, 3.63) is 0 Å². The number of halogens is 1. The quantitative estimate of drug-likeness (QED) is 0.689. The Morgan fingerprint density at radius 2 is 2.10 bits per heavy atom. The summed E-state index contributed by atoms with van der Waals surface area (Å²) in [4.78, 5) is 0. The number of hydrogen-bond donors (Lipinski definition) is 0. The Hall–Kier alpha value is 0.350. The van der Waals surface area contributed by atoms with E-state index in [1.54, 1.807) is 4.31 Å². The molecule has 0 radical (unpaired) electrons. The molecule has 0 spiro atoms. The topological polar surface area (TPSA) is 46.6 Å². The summed E-state index contributed by atoms with van der Waals surface area (Å²) in [5.41, 5.74) is 0.229. The third kappa shape index (κ3) is 3.48. The SMILES string of the molecule is CS(=O)(=O)N1CCCC(CC2(CBr)CCOC2C2CC2)C1. The molecular formula is C15H26BrNO3S. The second kappa shape index (κ2) is 6.10. The van der Waals surface area contributed by atoms with E-state index in [0.717, 1.165) is 43.5 Å². The van der Waals surface area contributed by atoms with Crippen molar-refractivity contribution in [2.45, 2.75) is 44.6 Å². The maximum atomic E-state index is 11.8. The second-order valence-electron chi connectivity index (χ2n) is 7.21. The molecule has 1 saturated carbocycles. The van der Waals surface area contributed by atoms with Crippen molar-refractivity contribution in [1.82, 2.24) is 4.31 Å². The number of piperidine rings is 1. The first-order valence-electron chi connectivity index (χ1n) is 8.07. The predicted molar refractivity (Wildman–Crippen MR) is 87.1 cm³/mol. The molecule has 1 aliphatic carbocycles. The normalized spacial score (nSPS) is 38.8. The number of sulfonamides is 1. The lowest BCUT2D eigenvalue weighted by Gasteiger charge is -2.39. The van der Waals surface area contributed by atoms with Gasteiger partial charge >= 0.3 is 0 Å². The van der Waals surface area contributed by atoms with Gasteiger partial charge in [-0.05, 0) is 50.4 Å². The third-order valence-corrected chi connectivity index (χ3v) is 7.85. The van der Waals surface area contributed by atoms with Crippen LogP contribution in [0.4, 0.5) is 0 Å². The lowest BCUT2D eigenvalue weighted by molar-refractivity contribution is 0.0262. The molecule has 2 heterocycles. The summed E-state index contributed by atoms with van der Waals surface area (Å²) in [5.74, 6) is 1.23. The van der Waals surface area contributed by atoms with Crippen LogP contribution in [0, 0.1) is 17.3 Å². The third-order valence-electron chi connectivity index (χ3n) is 5.46. The van der Waals surface area contributed by atoms with Gasteiger partial charge in [0.1, 0.15) is 0 Å². The minimum atomic E-state index is -3.05. The maximum absolute atomic E-state index is 11.8. The van der Waals surface area contributed by atoms with E-state index in [0.29, 0.717) is 25.1 Å². The molecule has 122 valence electrons. The van der Waals surface area contributed by atoms with Crippen molar-refractivity contribution in [3.8, 4) is 0 Å². The van der Waals surface area contributed by atoms with Gasteiger partial charge in [0, 0.05) is 30.4 Å². The Morgan fingerprint density at radius 1 is 1.33 bits per heavy atom. The summed E-state index contributed by atoms with van der Waals surface area (Å²) in [7, 11) is -3.05. The summed E-state index contributed by atoms with van der Waals surface area (Å²) in [6.07, 6.45) is 8.70. The summed E-state index contributed by atoms with van der Waals surface area (Å²) >= 11 is 3.74. The smallest absolute Gasteiger partial charge is 0.211 e. The molecule has 0 bridgehead atoms. The highest BCUT2D eigenvalue weighted by Gasteiger charge is 2.51. The largest absolute Gasteiger partial charge is 0.377 e. The van der Waals surface area contributed by atoms with E-state index in [1.807, 2.05) is 0 Å². The molecule has 3 aliphatic rings. The minimum absolute atomic E-state index is 0.229. The van der Waals surface area contributed by atoms with Gasteiger partial charge in [0.2, 0.25) is 10.0 Å². The van der Waals surface area contributed by atoms with E-state index in [2.05, 4.69) is 15.9 Å². The van der Waals surface area contributed by atoms with E-state index in [4.69, 9.17) is 4.74 Å². The average molecular weight is 380 g/mol. The number of ether oxygens (including phenoxy) is 1. The van der Waals surface area contributed by atoms with Crippen molar-refractivity contribution in [2.24, 2.45) is 17.3 Å². The van der Waals surface area contributed by atoms with Gasteiger partial charge in [-0.25, -0.2) is 12.7 Å². The van der Waals surface area contributed by atoms with Crippen molar-refractivity contribution in [2.75, 3.05) is 31.3 Å². The highest BCUT2D eigenvalue weighted by molar-refractivity contribution is 9.09. The van der Waals surface area contributed by atoms with Crippen LogP contribution in [-0.4, -0.2) is 50.1 Å². The lowest BCUT2D eigenvalue weighted by Crippen LogP contribution is -2.43. The second-order valence-corrected chi connectivity index (χ2v) is 9.75. The summed E-state index contributed by atoms with van der Waals surface area (Å²) in [6.45, 7) is 2.26. The van der Waals surface area contributed by atoms with Crippen LogP contribution in [0.1, 0.15) is 38.5 Å². The molecule has 0 aromatic rings. The molecular weight excluding hydrogens is 354 g/mol. The molecule has 2 saturated heterocycles. The molecule has 3 atom stereocenters. The molecule has 0 aromatic carbocycles. The van der Waals surface area contributed by atoms with Crippen molar-refractivity contribution >= 4 is 26.0 Å². The molecule has 2 aliphatic heterocycles. The molecule has 4 nitrogen and oxygen atoms in total. The van der Waals surface area contributed by atoms with Crippen LogP contribution in [0.25, 0.3) is 0 Å². The minimum Gasteiger partial charge on any atom is -0.377 e. The molecule has 0 N–H and O–H groups in total. The molecule has 3 rings (SSSR count). The predicted octanol–water partition coefficient (Wildman–Crippen LogP) is 2.63. The zero-order valence-corrected chi connectivity index (χ0v) is 15.2. The van der Waals surface area contributed by atoms with E-state index in [-0.39, 0.29) is 5.41 Å². The van der Waals surface area contributed by atoms with E-state index in [1.165, 1.54) is 19.1 Å². The fourth-order valence-electron chi connectivity index (χ4n) is 4.23. The van der Waals surface area contributed by atoms with Gasteiger partial charge in [-0.3, -0.25) is 0 Å². The van der Waals surface area contributed by atoms with E-state index >= 15 is 0 Å². The number of rotatable bonds is 5. The maximum Gasteiger partial charge on any atom is 0.211 e. The standard InChI is InChI=1S/C15H26BrNO3S/c1-21(18,19)17-7-2-3-12(10-17)9-15(11-16)6-8-20-14(15)13-4-5-13/h12-14H,2-11H2,1H3. The van der Waals surface area contributed by atoms with Crippen LogP contribution in [0.2, 0.25) is 0 Å². The van der Waals surface area contributed by atoms with Gasteiger partial charge in [-0.2, -0.15) is 0 Å². The van der Waals surface area contributed by atoms with E-state index < -0.39 is 10.0 Å². The van der Waals surface area contributed by atoms with Crippen LogP contribution < -0.4 is 0 Å². The van der Waals surface area contributed by atoms with Gasteiger partial charge in [0.15, 0.2) is 0 Å². The van der Waals surface area contributed by atoms with Crippen molar-refractivity contribution in [1.29, 1.82) is 0 Å².